The Balaban J connectivity index is 2.03. The highest BCUT2D eigenvalue weighted by atomic mass is 16.7. The quantitative estimate of drug-likeness (QED) is 0.472. The molecule has 1 aliphatic carbocycles. The summed E-state index contributed by atoms with van der Waals surface area (Å²) in [5.41, 5.74) is 5.12. The zero-order chi connectivity index (χ0) is 10.6. The highest BCUT2D eigenvalue weighted by molar-refractivity contribution is 5.90. The Morgan fingerprint density at radius 2 is 2.07 bits per heavy atom. The average Bonchev–Trinajstić information content (AvgIpc) is 2.51. The Kier molecular flexibility index (Phi) is 1.49. The lowest BCUT2D eigenvalue weighted by Crippen LogP contribution is -2.45. The van der Waals surface area contributed by atoms with Crippen LogP contribution in [0.4, 0.5) is 0 Å². The lowest BCUT2D eigenvalue weighted by Gasteiger charge is -2.37. The molecule has 0 saturated carbocycles. The molecule has 5 nitrogen and oxygen atoms in total. The van der Waals surface area contributed by atoms with Gasteiger partial charge in [-0.3, -0.25) is 9.59 Å². The number of carbonyl (C=O) groups excluding carboxylic acids is 2. The molecule has 5 heteroatoms. The van der Waals surface area contributed by atoms with Gasteiger partial charge < -0.3 is 15.2 Å². The number of carbonyl (C=O) groups is 2. The number of allylic oxidation sites excluding steroid dienone is 1. The average molecular weight is 207 g/mol. The Labute approximate surface area is 85.5 Å². The molecule has 4 bridgehead atoms. The summed E-state index contributed by atoms with van der Waals surface area (Å²) in [5.74, 6) is -1.12. The Morgan fingerprint density at radius 1 is 1.27 bits per heavy atom. The molecule has 0 aromatic rings. The van der Waals surface area contributed by atoms with Crippen molar-refractivity contribution in [1.82, 2.24) is 0 Å². The van der Waals surface area contributed by atoms with E-state index in [1.807, 2.05) is 12.2 Å². The van der Waals surface area contributed by atoms with E-state index in [1.165, 1.54) is 0 Å². The minimum absolute atomic E-state index is 0.0239. The van der Waals surface area contributed by atoms with E-state index in [1.54, 1.807) is 6.08 Å². The minimum Gasteiger partial charge on any atom is -0.449 e. The largest absolute Gasteiger partial charge is 0.449 e. The van der Waals surface area contributed by atoms with E-state index in [-0.39, 0.29) is 29.5 Å². The molecule has 0 spiro atoms. The van der Waals surface area contributed by atoms with Crippen LogP contribution in [0.5, 0.6) is 0 Å². The van der Waals surface area contributed by atoms with Crippen LogP contribution in [0.15, 0.2) is 24.0 Å². The van der Waals surface area contributed by atoms with Gasteiger partial charge in [-0.2, -0.15) is 0 Å². The van der Waals surface area contributed by atoms with Gasteiger partial charge in [0.25, 0.3) is 12.2 Å². The highest BCUT2D eigenvalue weighted by Gasteiger charge is 2.50. The summed E-state index contributed by atoms with van der Waals surface area (Å²) in [6.07, 6.45) is 4.65. The first-order valence-corrected chi connectivity index (χ1v) is 4.74. The number of hydrogen-bond donors (Lipinski definition) is 1. The summed E-state index contributed by atoms with van der Waals surface area (Å²) in [6.45, 7) is 0. The van der Waals surface area contributed by atoms with Crippen molar-refractivity contribution >= 4 is 11.9 Å². The zero-order valence-electron chi connectivity index (χ0n) is 7.75. The van der Waals surface area contributed by atoms with Gasteiger partial charge in [-0.05, 0) is 6.08 Å². The molecule has 78 valence electrons. The van der Waals surface area contributed by atoms with E-state index in [4.69, 9.17) is 15.2 Å². The van der Waals surface area contributed by atoms with E-state index in [0.717, 1.165) is 0 Å². The molecule has 2 aliphatic heterocycles. The van der Waals surface area contributed by atoms with Crippen molar-refractivity contribution in [3.63, 3.8) is 0 Å². The molecule has 3 rings (SSSR count). The standard InChI is InChI=1S/C10H9NO4/c11-8(12)7-3-6-4-1-2-5(6)10(14-7)15-9(4)13/h1-6,10H,(H2,11,12). The molecule has 1 amide bonds. The fourth-order valence-corrected chi connectivity index (χ4v) is 2.32. The van der Waals surface area contributed by atoms with Crippen LogP contribution in [0, 0.1) is 17.8 Å². The van der Waals surface area contributed by atoms with Crippen molar-refractivity contribution in [3.05, 3.63) is 24.0 Å². The fraction of sp³-hybridized carbons (Fsp3) is 0.400. The lowest BCUT2D eigenvalue weighted by atomic mass is 9.83. The molecule has 2 N–H and O–H groups in total. The number of nitrogens with two attached hydrogens (primary N) is 1. The van der Waals surface area contributed by atoms with Crippen molar-refractivity contribution in [3.8, 4) is 0 Å². The number of primary amides is 1. The van der Waals surface area contributed by atoms with E-state index in [9.17, 15) is 9.59 Å². The van der Waals surface area contributed by atoms with Gasteiger partial charge in [0, 0.05) is 5.92 Å². The number of esters is 1. The van der Waals surface area contributed by atoms with Gasteiger partial charge in [0.2, 0.25) is 0 Å². The van der Waals surface area contributed by atoms with Gasteiger partial charge in [-0.25, -0.2) is 0 Å². The summed E-state index contributed by atoms with van der Waals surface area (Å²) in [7, 11) is 0. The molecule has 0 aromatic carbocycles. The Hall–Kier alpha value is -1.78. The van der Waals surface area contributed by atoms with Crippen molar-refractivity contribution in [2.75, 3.05) is 0 Å². The first-order valence-electron chi connectivity index (χ1n) is 4.74. The number of ether oxygens (including phenoxy) is 2. The predicted octanol–water partition coefficient (Wildman–Crippen LogP) is -0.313. The monoisotopic (exact) mass is 207 g/mol. The normalized spacial score (nSPS) is 40.5. The van der Waals surface area contributed by atoms with Crippen LogP contribution in [0.25, 0.3) is 0 Å². The third-order valence-electron chi connectivity index (χ3n) is 3.05. The van der Waals surface area contributed by atoms with Crippen LogP contribution < -0.4 is 5.73 Å². The molecule has 2 heterocycles. The fourth-order valence-electron chi connectivity index (χ4n) is 2.32. The van der Waals surface area contributed by atoms with Crippen LogP contribution in [-0.4, -0.2) is 18.2 Å². The van der Waals surface area contributed by atoms with Crippen molar-refractivity contribution in [2.45, 2.75) is 6.29 Å². The molecule has 15 heavy (non-hydrogen) atoms. The predicted molar refractivity (Wildman–Crippen MR) is 47.9 cm³/mol. The van der Waals surface area contributed by atoms with Crippen molar-refractivity contribution in [2.24, 2.45) is 23.5 Å². The van der Waals surface area contributed by atoms with Gasteiger partial charge in [0.15, 0.2) is 5.76 Å². The molecule has 0 radical (unpaired) electrons. The smallest absolute Gasteiger partial charge is 0.316 e. The first-order chi connectivity index (χ1) is 7.16. The summed E-state index contributed by atoms with van der Waals surface area (Å²) < 4.78 is 10.3. The second kappa shape index (κ2) is 2.62. The van der Waals surface area contributed by atoms with Gasteiger partial charge in [0.05, 0.1) is 11.8 Å². The van der Waals surface area contributed by atoms with E-state index in [0.29, 0.717) is 0 Å². The zero-order valence-corrected chi connectivity index (χ0v) is 7.75. The summed E-state index contributed by atoms with van der Waals surface area (Å²) >= 11 is 0. The number of amides is 1. The molecule has 1 fully saturated rings. The van der Waals surface area contributed by atoms with Crippen molar-refractivity contribution < 1.29 is 19.1 Å². The molecule has 0 aromatic heterocycles. The van der Waals surface area contributed by atoms with E-state index >= 15 is 0 Å². The van der Waals surface area contributed by atoms with Gasteiger partial charge in [0.1, 0.15) is 0 Å². The van der Waals surface area contributed by atoms with Gasteiger partial charge in [-0.1, -0.05) is 12.2 Å². The van der Waals surface area contributed by atoms with Crippen LogP contribution in [0.3, 0.4) is 0 Å². The SMILES string of the molecule is NC(=O)C1=CC2C3C=CC2C(OC3=O)O1. The molecule has 4 atom stereocenters. The van der Waals surface area contributed by atoms with Crippen molar-refractivity contribution in [1.29, 1.82) is 0 Å². The summed E-state index contributed by atoms with van der Waals surface area (Å²) in [4.78, 5) is 22.4. The second-order valence-corrected chi connectivity index (χ2v) is 3.88. The second-order valence-electron chi connectivity index (χ2n) is 3.88. The van der Waals surface area contributed by atoms with Crippen LogP contribution >= 0.6 is 0 Å². The maximum Gasteiger partial charge on any atom is 0.316 e. The lowest BCUT2D eigenvalue weighted by molar-refractivity contribution is -0.203. The number of rotatable bonds is 1. The summed E-state index contributed by atoms with van der Waals surface area (Å²) in [5, 5.41) is 0. The topological polar surface area (TPSA) is 78.6 Å². The maximum absolute atomic E-state index is 11.4. The van der Waals surface area contributed by atoms with Crippen LogP contribution in [0.2, 0.25) is 0 Å². The Bertz CT molecular complexity index is 412. The van der Waals surface area contributed by atoms with Gasteiger partial charge >= 0.3 is 5.97 Å². The third kappa shape index (κ3) is 1.03. The molecule has 3 aliphatic rings. The minimum atomic E-state index is -0.690. The first kappa shape index (κ1) is 8.52. The van der Waals surface area contributed by atoms with Crippen LogP contribution in [-0.2, 0) is 19.1 Å². The van der Waals surface area contributed by atoms with Crippen LogP contribution in [0.1, 0.15) is 0 Å². The molecule has 4 unspecified atom stereocenters. The molecular formula is C10H9NO4. The number of hydrogen-bond acceptors (Lipinski definition) is 4. The Morgan fingerprint density at radius 3 is 2.80 bits per heavy atom. The third-order valence-corrected chi connectivity index (χ3v) is 3.05. The van der Waals surface area contributed by atoms with Gasteiger partial charge in [-0.15, -0.1) is 0 Å². The molecular weight excluding hydrogens is 198 g/mol. The summed E-state index contributed by atoms with van der Waals surface area (Å²) in [6, 6.07) is 0. The highest BCUT2D eigenvalue weighted by Crippen LogP contribution is 2.44. The molecule has 1 saturated heterocycles. The van der Waals surface area contributed by atoms with E-state index in [2.05, 4.69) is 0 Å². The maximum atomic E-state index is 11.4. The van der Waals surface area contributed by atoms with E-state index < -0.39 is 12.2 Å².